The minimum Gasteiger partial charge on any atom is -0.399 e. The Morgan fingerprint density at radius 3 is 2.88 bits per heavy atom. The first-order valence-electron chi connectivity index (χ1n) is 5.81. The van der Waals surface area contributed by atoms with E-state index < -0.39 is 0 Å². The molecule has 0 spiro atoms. The zero-order chi connectivity index (χ0) is 11.5. The van der Waals surface area contributed by atoms with Gasteiger partial charge in [-0.1, -0.05) is 12.5 Å². The third kappa shape index (κ3) is 2.54. The summed E-state index contributed by atoms with van der Waals surface area (Å²) in [7, 11) is 0. The van der Waals surface area contributed by atoms with Crippen LogP contribution in [0.5, 0.6) is 0 Å². The summed E-state index contributed by atoms with van der Waals surface area (Å²) in [5.74, 6) is 0.155. The van der Waals surface area contributed by atoms with E-state index in [1.165, 1.54) is 0 Å². The molecule has 1 heterocycles. The topological polar surface area (TPSA) is 55.1 Å². The number of carbonyl (C=O) groups excluding carboxylic acids is 1. The molecule has 0 aliphatic carbocycles. The molecule has 1 atom stereocenters. The standard InChI is InChI=1S/C13H18N2O/c1-9-6-10(8-11(14)7-9)12-4-2-3-5-13(16)15-12/h6-8,12H,2-5,14H2,1H3,(H,15,16). The smallest absolute Gasteiger partial charge is 0.220 e. The van der Waals surface area contributed by atoms with Crippen LogP contribution in [-0.2, 0) is 4.79 Å². The minimum absolute atomic E-state index is 0.136. The summed E-state index contributed by atoms with van der Waals surface area (Å²) >= 11 is 0. The predicted octanol–water partition coefficient (Wildman–Crippen LogP) is 2.31. The Morgan fingerprint density at radius 2 is 2.12 bits per heavy atom. The molecule has 1 unspecified atom stereocenters. The van der Waals surface area contributed by atoms with Crippen molar-refractivity contribution in [3.05, 3.63) is 29.3 Å². The van der Waals surface area contributed by atoms with E-state index in [9.17, 15) is 4.79 Å². The molecule has 0 radical (unpaired) electrons. The van der Waals surface area contributed by atoms with Gasteiger partial charge < -0.3 is 11.1 Å². The molecule has 86 valence electrons. The SMILES string of the molecule is Cc1cc(N)cc(C2CCCCC(=O)N2)c1. The normalized spacial score (nSPS) is 21.3. The van der Waals surface area contributed by atoms with E-state index in [0.717, 1.165) is 36.1 Å². The Kier molecular flexibility index (Phi) is 3.13. The van der Waals surface area contributed by atoms with Gasteiger partial charge in [0.1, 0.15) is 0 Å². The Labute approximate surface area is 96.0 Å². The number of nitrogens with two attached hydrogens (primary N) is 1. The van der Waals surface area contributed by atoms with E-state index in [0.29, 0.717) is 6.42 Å². The van der Waals surface area contributed by atoms with E-state index in [4.69, 9.17) is 5.73 Å². The molecular weight excluding hydrogens is 200 g/mol. The molecule has 1 aromatic carbocycles. The first-order valence-corrected chi connectivity index (χ1v) is 5.81. The van der Waals surface area contributed by atoms with Crippen LogP contribution in [0.25, 0.3) is 0 Å². The Morgan fingerprint density at radius 1 is 1.31 bits per heavy atom. The molecule has 1 saturated heterocycles. The number of nitrogens with one attached hydrogen (secondary N) is 1. The lowest BCUT2D eigenvalue weighted by atomic mass is 9.99. The maximum atomic E-state index is 11.5. The van der Waals surface area contributed by atoms with Crippen LogP contribution >= 0.6 is 0 Å². The number of benzene rings is 1. The summed E-state index contributed by atoms with van der Waals surface area (Å²) < 4.78 is 0. The van der Waals surface area contributed by atoms with Crippen molar-refractivity contribution in [3.8, 4) is 0 Å². The summed E-state index contributed by atoms with van der Waals surface area (Å²) in [5, 5.41) is 3.06. The number of hydrogen-bond acceptors (Lipinski definition) is 2. The molecule has 1 fully saturated rings. The van der Waals surface area contributed by atoms with Crippen molar-refractivity contribution in [3.63, 3.8) is 0 Å². The molecule has 1 amide bonds. The van der Waals surface area contributed by atoms with Crippen molar-refractivity contribution in [2.45, 2.75) is 38.6 Å². The summed E-state index contributed by atoms with van der Waals surface area (Å²) in [6.45, 7) is 2.03. The van der Waals surface area contributed by atoms with Gasteiger partial charge in [-0.25, -0.2) is 0 Å². The molecule has 2 rings (SSSR count). The highest BCUT2D eigenvalue weighted by Gasteiger charge is 2.18. The Bertz CT molecular complexity index is 381. The van der Waals surface area contributed by atoms with E-state index in [1.807, 2.05) is 19.1 Å². The molecule has 3 N–H and O–H groups in total. The molecule has 3 heteroatoms. The second-order valence-electron chi connectivity index (χ2n) is 4.54. The van der Waals surface area contributed by atoms with Crippen molar-refractivity contribution in [2.75, 3.05) is 5.73 Å². The maximum Gasteiger partial charge on any atom is 0.220 e. The van der Waals surface area contributed by atoms with Crippen LogP contribution < -0.4 is 11.1 Å². The molecule has 0 saturated carbocycles. The first kappa shape index (κ1) is 11.0. The van der Waals surface area contributed by atoms with Gasteiger partial charge in [0.25, 0.3) is 0 Å². The number of anilines is 1. The van der Waals surface area contributed by atoms with Crippen LogP contribution in [0.2, 0.25) is 0 Å². The van der Waals surface area contributed by atoms with Gasteiger partial charge in [0.05, 0.1) is 6.04 Å². The third-order valence-corrected chi connectivity index (χ3v) is 3.01. The minimum atomic E-state index is 0.136. The molecule has 16 heavy (non-hydrogen) atoms. The van der Waals surface area contributed by atoms with E-state index in [1.54, 1.807) is 0 Å². The number of rotatable bonds is 1. The number of nitrogen functional groups attached to an aromatic ring is 1. The summed E-state index contributed by atoms with van der Waals surface area (Å²) in [4.78, 5) is 11.5. The second kappa shape index (κ2) is 4.56. The van der Waals surface area contributed by atoms with Crippen LogP contribution in [0.4, 0.5) is 5.69 Å². The second-order valence-corrected chi connectivity index (χ2v) is 4.54. The first-order chi connectivity index (χ1) is 7.65. The van der Waals surface area contributed by atoms with E-state index in [2.05, 4.69) is 11.4 Å². The molecule has 1 aliphatic heterocycles. The van der Waals surface area contributed by atoms with Gasteiger partial charge in [-0.05, 0) is 43.0 Å². The van der Waals surface area contributed by atoms with Crippen LogP contribution in [0, 0.1) is 6.92 Å². The van der Waals surface area contributed by atoms with Gasteiger partial charge in [0.15, 0.2) is 0 Å². The van der Waals surface area contributed by atoms with E-state index >= 15 is 0 Å². The lowest BCUT2D eigenvalue weighted by Gasteiger charge is -2.17. The highest BCUT2D eigenvalue weighted by atomic mass is 16.1. The quantitative estimate of drug-likeness (QED) is 0.711. The molecule has 3 nitrogen and oxygen atoms in total. The van der Waals surface area contributed by atoms with Crippen LogP contribution in [0.1, 0.15) is 42.9 Å². The van der Waals surface area contributed by atoms with Crippen molar-refractivity contribution in [1.82, 2.24) is 5.32 Å². The summed E-state index contributed by atoms with van der Waals surface area (Å²) in [6.07, 6.45) is 3.74. The average molecular weight is 218 g/mol. The zero-order valence-corrected chi connectivity index (χ0v) is 9.62. The van der Waals surface area contributed by atoms with Crippen molar-refractivity contribution < 1.29 is 4.79 Å². The van der Waals surface area contributed by atoms with Gasteiger partial charge in [0.2, 0.25) is 5.91 Å². The molecule has 0 bridgehead atoms. The van der Waals surface area contributed by atoms with Crippen LogP contribution in [-0.4, -0.2) is 5.91 Å². The van der Waals surface area contributed by atoms with Crippen molar-refractivity contribution >= 4 is 11.6 Å². The fraction of sp³-hybridized carbons (Fsp3) is 0.462. The lowest BCUT2D eigenvalue weighted by Crippen LogP contribution is -2.26. The van der Waals surface area contributed by atoms with Crippen molar-refractivity contribution in [2.24, 2.45) is 0 Å². The molecule has 1 aliphatic rings. The van der Waals surface area contributed by atoms with Gasteiger partial charge in [-0.15, -0.1) is 0 Å². The summed E-state index contributed by atoms with van der Waals surface area (Å²) in [5.41, 5.74) is 8.88. The summed E-state index contributed by atoms with van der Waals surface area (Å²) in [6, 6.07) is 6.15. The number of carbonyl (C=O) groups is 1. The van der Waals surface area contributed by atoms with Gasteiger partial charge in [-0.2, -0.15) is 0 Å². The Balaban J connectivity index is 2.24. The Hall–Kier alpha value is -1.51. The molecule has 0 aromatic heterocycles. The maximum absolute atomic E-state index is 11.5. The third-order valence-electron chi connectivity index (χ3n) is 3.01. The zero-order valence-electron chi connectivity index (χ0n) is 9.62. The molecular formula is C13H18N2O. The largest absolute Gasteiger partial charge is 0.399 e. The van der Waals surface area contributed by atoms with Gasteiger partial charge in [-0.3, -0.25) is 4.79 Å². The number of aryl methyl sites for hydroxylation is 1. The fourth-order valence-electron chi connectivity index (χ4n) is 2.27. The van der Waals surface area contributed by atoms with Crippen molar-refractivity contribution in [1.29, 1.82) is 0 Å². The fourth-order valence-corrected chi connectivity index (χ4v) is 2.27. The number of amides is 1. The van der Waals surface area contributed by atoms with Crippen LogP contribution in [0.3, 0.4) is 0 Å². The van der Waals surface area contributed by atoms with Crippen LogP contribution in [0.15, 0.2) is 18.2 Å². The number of hydrogen-bond donors (Lipinski definition) is 2. The highest BCUT2D eigenvalue weighted by Crippen LogP contribution is 2.25. The van der Waals surface area contributed by atoms with E-state index in [-0.39, 0.29) is 11.9 Å². The monoisotopic (exact) mass is 218 g/mol. The average Bonchev–Trinajstić information content (AvgIpc) is 2.41. The predicted molar refractivity (Wildman–Crippen MR) is 64.9 cm³/mol. The van der Waals surface area contributed by atoms with Gasteiger partial charge >= 0.3 is 0 Å². The van der Waals surface area contributed by atoms with Gasteiger partial charge in [0, 0.05) is 12.1 Å². The lowest BCUT2D eigenvalue weighted by molar-refractivity contribution is -0.121. The molecule has 1 aromatic rings. The highest BCUT2D eigenvalue weighted by molar-refractivity contribution is 5.76.